The Labute approximate surface area is 145 Å². The monoisotopic (exact) mass is 337 g/mol. The predicted molar refractivity (Wildman–Crippen MR) is 97.5 cm³/mol. The van der Waals surface area contributed by atoms with Gasteiger partial charge in [-0.05, 0) is 49.0 Å². The van der Waals surface area contributed by atoms with Gasteiger partial charge in [-0.25, -0.2) is 0 Å². The van der Waals surface area contributed by atoms with Crippen molar-refractivity contribution in [1.82, 2.24) is 5.32 Å². The number of aliphatic imine (C=N–C) groups is 1. The molecular weight excluding hydrogens is 322 g/mol. The van der Waals surface area contributed by atoms with Gasteiger partial charge in [0.1, 0.15) is 0 Å². The van der Waals surface area contributed by atoms with Gasteiger partial charge in [0.05, 0.1) is 11.4 Å². The summed E-state index contributed by atoms with van der Waals surface area (Å²) >= 11 is 5.14. The van der Waals surface area contributed by atoms with Crippen molar-refractivity contribution >= 4 is 46.7 Å². The predicted octanol–water partition coefficient (Wildman–Crippen LogP) is 2.76. The highest BCUT2D eigenvalue weighted by molar-refractivity contribution is 7.80. The fraction of sp³-hybridized carbons (Fsp3) is 0.111. The molecule has 120 valence electrons. The average Bonchev–Trinajstić information content (AvgIpc) is 2.55. The van der Waals surface area contributed by atoms with E-state index in [4.69, 9.17) is 12.2 Å². The molecule has 1 atom stereocenters. The Bertz CT molecular complexity index is 833. The number of para-hydroxylation sites is 1. The number of carbonyl (C=O) groups is 2. The summed E-state index contributed by atoms with van der Waals surface area (Å²) in [6.07, 6.45) is 1.37. The lowest BCUT2D eigenvalue weighted by atomic mass is 10.1. The van der Waals surface area contributed by atoms with Crippen LogP contribution in [0.3, 0.4) is 0 Å². The Balaban J connectivity index is 1.88. The Hall–Kier alpha value is -2.86. The van der Waals surface area contributed by atoms with Crippen molar-refractivity contribution in [1.29, 1.82) is 0 Å². The van der Waals surface area contributed by atoms with E-state index < -0.39 is 17.7 Å². The summed E-state index contributed by atoms with van der Waals surface area (Å²) in [4.78, 5) is 30.5. The summed E-state index contributed by atoms with van der Waals surface area (Å²) in [5, 5.41) is 2.64. The molecule has 0 unspecified atom stereocenters. The molecule has 1 N–H and O–H groups in total. The largest absolute Gasteiger partial charge is 0.301 e. The first kappa shape index (κ1) is 16.0. The van der Waals surface area contributed by atoms with Crippen molar-refractivity contribution in [2.45, 2.75) is 6.92 Å². The number of hydrogen-bond acceptors (Lipinski definition) is 4. The summed E-state index contributed by atoms with van der Waals surface area (Å²) in [6.45, 7) is 1.95. The molecule has 1 aliphatic heterocycles. The Morgan fingerprint density at radius 3 is 2.58 bits per heavy atom. The van der Waals surface area contributed by atoms with E-state index in [0.717, 1.165) is 5.56 Å². The molecule has 1 saturated heterocycles. The third-order valence-electron chi connectivity index (χ3n) is 3.59. The number of rotatable bonds is 3. The fourth-order valence-corrected chi connectivity index (χ4v) is 2.71. The van der Waals surface area contributed by atoms with Gasteiger partial charge < -0.3 is 5.32 Å². The van der Waals surface area contributed by atoms with Gasteiger partial charge in [-0.1, -0.05) is 30.3 Å². The number of carbonyl (C=O) groups excluding carboxylic acids is 2. The minimum absolute atomic E-state index is 0.0800. The maximum absolute atomic E-state index is 12.7. The van der Waals surface area contributed by atoms with Crippen LogP contribution in [0.1, 0.15) is 5.56 Å². The van der Waals surface area contributed by atoms with E-state index in [2.05, 4.69) is 10.3 Å². The van der Waals surface area contributed by atoms with E-state index in [0.29, 0.717) is 11.4 Å². The number of thiocarbonyl (C=S) groups is 1. The van der Waals surface area contributed by atoms with Crippen molar-refractivity contribution in [3.8, 4) is 0 Å². The molecule has 2 aromatic carbocycles. The minimum atomic E-state index is -1.02. The van der Waals surface area contributed by atoms with Gasteiger partial charge in [0.25, 0.3) is 5.91 Å². The minimum Gasteiger partial charge on any atom is -0.301 e. The number of amides is 2. The maximum atomic E-state index is 12.7. The first-order valence-corrected chi connectivity index (χ1v) is 7.82. The van der Waals surface area contributed by atoms with E-state index in [-0.39, 0.29) is 5.11 Å². The van der Waals surface area contributed by atoms with Gasteiger partial charge in [0.15, 0.2) is 11.0 Å². The number of anilines is 1. The van der Waals surface area contributed by atoms with Crippen LogP contribution in [-0.2, 0) is 9.59 Å². The molecule has 2 aromatic rings. The van der Waals surface area contributed by atoms with E-state index in [1.807, 2.05) is 37.3 Å². The molecule has 3 rings (SSSR count). The van der Waals surface area contributed by atoms with Gasteiger partial charge >= 0.3 is 0 Å². The molecule has 0 bridgehead atoms. The first-order chi connectivity index (χ1) is 11.6. The highest BCUT2D eigenvalue weighted by Gasteiger charge is 2.38. The lowest BCUT2D eigenvalue weighted by Crippen LogP contribution is -2.58. The normalized spacial score (nSPS) is 18.1. The number of aryl methyl sites for hydroxylation is 1. The molecule has 24 heavy (non-hydrogen) atoms. The van der Waals surface area contributed by atoms with Crippen molar-refractivity contribution in [3.05, 3.63) is 60.2 Å². The SMILES string of the molecule is Cc1cccc(N=C[C@H]2C(=O)NC(=S)N(c3ccccc3)C2=O)c1. The molecule has 5 nitrogen and oxygen atoms in total. The van der Waals surface area contributed by atoms with Crippen molar-refractivity contribution in [2.75, 3.05) is 4.90 Å². The molecule has 1 aliphatic rings. The maximum Gasteiger partial charge on any atom is 0.251 e. The van der Waals surface area contributed by atoms with E-state index in [1.165, 1.54) is 11.1 Å². The molecule has 6 heteroatoms. The fourth-order valence-electron chi connectivity index (χ4n) is 2.41. The number of nitrogens with one attached hydrogen (secondary N) is 1. The lowest BCUT2D eigenvalue weighted by molar-refractivity contribution is -0.130. The average molecular weight is 337 g/mol. The van der Waals surface area contributed by atoms with Crippen molar-refractivity contribution in [3.63, 3.8) is 0 Å². The van der Waals surface area contributed by atoms with Crippen LogP contribution in [-0.4, -0.2) is 23.1 Å². The van der Waals surface area contributed by atoms with E-state index in [1.54, 1.807) is 24.3 Å². The molecule has 0 aromatic heterocycles. The van der Waals surface area contributed by atoms with E-state index in [9.17, 15) is 9.59 Å². The smallest absolute Gasteiger partial charge is 0.251 e. The quantitative estimate of drug-likeness (QED) is 0.532. The first-order valence-electron chi connectivity index (χ1n) is 7.41. The Kier molecular flexibility index (Phi) is 4.48. The number of hydrogen-bond donors (Lipinski definition) is 1. The Morgan fingerprint density at radius 1 is 1.12 bits per heavy atom. The summed E-state index contributed by atoms with van der Waals surface area (Å²) in [5.74, 6) is -1.89. The van der Waals surface area contributed by atoms with Gasteiger partial charge in [0.2, 0.25) is 5.91 Å². The summed E-state index contributed by atoms with van der Waals surface area (Å²) in [7, 11) is 0. The zero-order valence-electron chi connectivity index (χ0n) is 13.0. The molecule has 0 radical (unpaired) electrons. The molecule has 1 fully saturated rings. The zero-order chi connectivity index (χ0) is 17.1. The van der Waals surface area contributed by atoms with Crippen LogP contribution in [0.5, 0.6) is 0 Å². The van der Waals surface area contributed by atoms with Gasteiger partial charge in [-0.2, -0.15) is 0 Å². The zero-order valence-corrected chi connectivity index (χ0v) is 13.8. The van der Waals surface area contributed by atoms with Crippen molar-refractivity contribution in [2.24, 2.45) is 10.9 Å². The van der Waals surface area contributed by atoms with E-state index >= 15 is 0 Å². The van der Waals surface area contributed by atoms with Crippen molar-refractivity contribution < 1.29 is 9.59 Å². The molecular formula is C18H15N3O2S. The number of nitrogens with zero attached hydrogens (tertiary/aromatic N) is 2. The second-order valence-electron chi connectivity index (χ2n) is 5.40. The molecule has 0 spiro atoms. The van der Waals surface area contributed by atoms with Crippen LogP contribution in [0, 0.1) is 12.8 Å². The lowest BCUT2D eigenvalue weighted by Gasteiger charge is -2.30. The highest BCUT2D eigenvalue weighted by atomic mass is 32.1. The van der Waals surface area contributed by atoms with Crippen LogP contribution in [0.25, 0.3) is 0 Å². The summed E-state index contributed by atoms with van der Waals surface area (Å²) in [5.41, 5.74) is 2.35. The van der Waals surface area contributed by atoms with Crippen LogP contribution >= 0.6 is 12.2 Å². The molecule has 1 heterocycles. The third kappa shape index (κ3) is 3.23. The highest BCUT2D eigenvalue weighted by Crippen LogP contribution is 2.20. The summed E-state index contributed by atoms with van der Waals surface area (Å²) < 4.78 is 0. The second-order valence-corrected chi connectivity index (χ2v) is 5.79. The molecule has 0 saturated carbocycles. The Morgan fingerprint density at radius 2 is 1.88 bits per heavy atom. The standard InChI is InChI=1S/C18H15N3O2S/c1-12-6-5-7-13(10-12)19-11-15-16(22)20-18(24)21(17(15)23)14-8-3-2-4-9-14/h2-11,15H,1H3,(H,20,22,24)/t15-/m0/s1. The van der Waals surface area contributed by atoms with Gasteiger partial charge in [-0.15, -0.1) is 0 Å². The summed E-state index contributed by atoms with van der Waals surface area (Å²) in [6, 6.07) is 16.5. The number of benzene rings is 2. The van der Waals surface area contributed by atoms with Crippen LogP contribution < -0.4 is 10.2 Å². The molecule has 2 amide bonds. The van der Waals surface area contributed by atoms with Crippen LogP contribution in [0.2, 0.25) is 0 Å². The van der Waals surface area contributed by atoms with Gasteiger partial charge in [0, 0.05) is 6.21 Å². The second kappa shape index (κ2) is 6.72. The van der Waals surface area contributed by atoms with Crippen LogP contribution in [0.4, 0.5) is 11.4 Å². The topological polar surface area (TPSA) is 61.8 Å². The molecule has 0 aliphatic carbocycles. The van der Waals surface area contributed by atoms with Crippen LogP contribution in [0.15, 0.2) is 59.6 Å². The third-order valence-corrected chi connectivity index (χ3v) is 3.88. The van der Waals surface area contributed by atoms with Gasteiger partial charge in [-0.3, -0.25) is 19.5 Å².